The molecule has 1 aromatic heterocycles. The zero-order chi connectivity index (χ0) is 14.1. The fraction of sp³-hybridized carbons (Fsp3) is 0.706. The minimum atomic E-state index is 0.176. The second-order valence-electron chi connectivity index (χ2n) is 6.61. The number of hydrogen-bond acceptors (Lipinski definition) is 2. The average molecular weight is 291 g/mol. The molecule has 0 saturated heterocycles. The van der Waals surface area contributed by atoms with E-state index >= 15 is 0 Å². The van der Waals surface area contributed by atoms with E-state index in [0.29, 0.717) is 12.0 Å². The topological polar surface area (TPSA) is 29.1 Å². The smallest absolute Gasteiger partial charge is 0.252 e. The molecule has 110 valence electrons. The van der Waals surface area contributed by atoms with E-state index < -0.39 is 0 Å². The third-order valence-electron chi connectivity index (χ3n) is 5.33. The average Bonchev–Trinajstić information content (AvgIpc) is 2.88. The SMILES string of the molecule is C[C@@H]1[C@H](C)CCC[C@H]1NC(=O)c1csc2c1CCCC2. The summed E-state index contributed by atoms with van der Waals surface area (Å²) in [5, 5.41) is 5.40. The Morgan fingerprint density at radius 3 is 2.85 bits per heavy atom. The van der Waals surface area contributed by atoms with Crippen molar-refractivity contribution in [3.05, 3.63) is 21.4 Å². The Bertz CT molecular complexity index is 493. The Kier molecular flexibility index (Phi) is 4.16. The first-order valence-corrected chi connectivity index (χ1v) is 8.95. The molecule has 1 N–H and O–H groups in total. The summed E-state index contributed by atoms with van der Waals surface area (Å²) in [5.41, 5.74) is 2.31. The highest BCUT2D eigenvalue weighted by Gasteiger charge is 2.29. The van der Waals surface area contributed by atoms with Gasteiger partial charge in [0.15, 0.2) is 0 Å². The molecule has 3 heteroatoms. The van der Waals surface area contributed by atoms with Crippen molar-refractivity contribution in [2.45, 2.75) is 64.8 Å². The number of rotatable bonds is 2. The van der Waals surface area contributed by atoms with Crippen molar-refractivity contribution in [2.24, 2.45) is 11.8 Å². The molecule has 0 unspecified atom stereocenters. The van der Waals surface area contributed by atoms with Crippen LogP contribution in [-0.4, -0.2) is 11.9 Å². The molecular weight excluding hydrogens is 266 g/mol. The summed E-state index contributed by atoms with van der Waals surface area (Å²) >= 11 is 1.78. The van der Waals surface area contributed by atoms with Crippen LogP contribution < -0.4 is 5.32 Å². The number of carbonyl (C=O) groups excluding carboxylic acids is 1. The first kappa shape index (κ1) is 14.1. The summed E-state index contributed by atoms with van der Waals surface area (Å²) in [5.74, 6) is 1.50. The zero-order valence-electron chi connectivity index (χ0n) is 12.6. The summed E-state index contributed by atoms with van der Waals surface area (Å²) in [6, 6.07) is 0.366. The highest BCUT2D eigenvalue weighted by molar-refractivity contribution is 7.10. The standard InChI is InChI=1S/C17H25NOS/c1-11-6-5-8-15(12(11)2)18-17(19)14-10-20-16-9-4-3-7-13(14)16/h10-12,15H,3-9H2,1-2H3,(H,18,19)/t11-,12-,15-/m1/s1. The largest absolute Gasteiger partial charge is 0.349 e. The number of thiophene rings is 1. The van der Waals surface area contributed by atoms with Crippen molar-refractivity contribution in [3.8, 4) is 0 Å². The van der Waals surface area contributed by atoms with Gasteiger partial charge < -0.3 is 5.32 Å². The lowest BCUT2D eigenvalue weighted by molar-refractivity contribution is 0.0890. The molecule has 2 aliphatic carbocycles. The van der Waals surface area contributed by atoms with Gasteiger partial charge in [0.05, 0.1) is 5.56 Å². The molecular formula is C17H25NOS. The maximum Gasteiger partial charge on any atom is 0.252 e. The third-order valence-corrected chi connectivity index (χ3v) is 6.42. The van der Waals surface area contributed by atoms with Crippen LogP contribution in [0.4, 0.5) is 0 Å². The molecule has 2 aliphatic rings. The van der Waals surface area contributed by atoms with Crippen LogP contribution in [0.3, 0.4) is 0 Å². The molecule has 1 fully saturated rings. The van der Waals surface area contributed by atoms with Crippen LogP contribution in [0.15, 0.2) is 5.38 Å². The van der Waals surface area contributed by atoms with Gasteiger partial charge in [0.1, 0.15) is 0 Å². The molecule has 3 rings (SSSR count). The van der Waals surface area contributed by atoms with Gasteiger partial charge in [0.25, 0.3) is 5.91 Å². The summed E-state index contributed by atoms with van der Waals surface area (Å²) in [6.07, 6.45) is 8.48. The lowest BCUT2D eigenvalue weighted by Crippen LogP contribution is -2.43. The number of carbonyl (C=O) groups is 1. The normalized spacial score (nSPS) is 29.8. The molecule has 2 nitrogen and oxygen atoms in total. The summed E-state index contributed by atoms with van der Waals surface area (Å²) < 4.78 is 0. The molecule has 0 spiro atoms. The minimum Gasteiger partial charge on any atom is -0.349 e. The molecule has 1 amide bonds. The monoisotopic (exact) mass is 291 g/mol. The molecule has 0 radical (unpaired) electrons. The van der Waals surface area contributed by atoms with E-state index in [0.717, 1.165) is 24.3 Å². The number of nitrogens with one attached hydrogen (secondary N) is 1. The summed E-state index contributed by atoms with van der Waals surface area (Å²) in [7, 11) is 0. The van der Waals surface area contributed by atoms with Crippen molar-refractivity contribution in [1.82, 2.24) is 5.32 Å². The van der Waals surface area contributed by atoms with Crippen molar-refractivity contribution in [1.29, 1.82) is 0 Å². The van der Waals surface area contributed by atoms with E-state index in [1.807, 2.05) is 0 Å². The maximum absolute atomic E-state index is 12.6. The van der Waals surface area contributed by atoms with Gasteiger partial charge in [-0.25, -0.2) is 0 Å². The first-order valence-electron chi connectivity index (χ1n) is 8.07. The van der Waals surface area contributed by atoms with Gasteiger partial charge in [-0.15, -0.1) is 11.3 Å². The van der Waals surface area contributed by atoms with Gasteiger partial charge in [-0.3, -0.25) is 4.79 Å². The Morgan fingerprint density at radius 2 is 2.00 bits per heavy atom. The Balaban J connectivity index is 1.71. The minimum absolute atomic E-state index is 0.176. The Labute approximate surface area is 126 Å². The van der Waals surface area contributed by atoms with Crippen LogP contribution in [0, 0.1) is 11.8 Å². The van der Waals surface area contributed by atoms with E-state index in [9.17, 15) is 4.79 Å². The number of hydrogen-bond donors (Lipinski definition) is 1. The fourth-order valence-corrected chi connectivity index (χ4v) is 4.84. The highest BCUT2D eigenvalue weighted by atomic mass is 32.1. The summed E-state index contributed by atoms with van der Waals surface area (Å²) in [4.78, 5) is 14.0. The molecule has 1 saturated carbocycles. The van der Waals surface area contributed by atoms with E-state index in [1.54, 1.807) is 11.3 Å². The quantitative estimate of drug-likeness (QED) is 0.870. The van der Waals surface area contributed by atoms with Gasteiger partial charge in [0, 0.05) is 16.3 Å². The van der Waals surface area contributed by atoms with E-state index in [4.69, 9.17) is 0 Å². The molecule has 0 aliphatic heterocycles. The number of amides is 1. The van der Waals surface area contributed by atoms with E-state index in [1.165, 1.54) is 42.5 Å². The fourth-order valence-electron chi connectivity index (χ4n) is 3.72. The Morgan fingerprint density at radius 1 is 1.20 bits per heavy atom. The molecule has 1 aromatic rings. The van der Waals surface area contributed by atoms with Gasteiger partial charge in [0.2, 0.25) is 0 Å². The van der Waals surface area contributed by atoms with Crippen LogP contribution in [-0.2, 0) is 12.8 Å². The lowest BCUT2D eigenvalue weighted by atomic mass is 9.78. The van der Waals surface area contributed by atoms with E-state index in [2.05, 4.69) is 24.5 Å². The molecule has 1 heterocycles. The van der Waals surface area contributed by atoms with Crippen LogP contribution >= 0.6 is 11.3 Å². The van der Waals surface area contributed by atoms with Crippen molar-refractivity contribution >= 4 is 17.2 Å². The van der Waals surface area contributed by atoms with Gasteiger partial charge >= 0.3 is 0 Å². The predicted octanol–water partition coefficient (Wildman–Crippen LogP) is 4.18. The number of aryl methyl sites for hydroxylation is 1. The van der Waals surface area contributed by atoms with Crippen LogP contribution in [0.5, 0.6) is 0 Å². The second-order valence-corrected chi connectivity index (χ2v) is 7.57. The van der Waals surface area contributed by atoms with Crippen molar-refractivity contribution in [3.63, 3.8) is 0 Å². The maximum atomic E-state index is 12.6. The van der Waals surface area contributed by atoms with Crippen LogP contribution in [0.2, 0.25) is 0 Å². The van der Waals surface area contributed by atoms with Crippen LogP contribution in [0.25, 0.3) is 0 Å². The molecule has 3 atom stereocenters. The molecule has 20 heavy (non-hydrogen) atoms. The molecule has 0 bridgehead atoms. The highest BCUT2D eigenvalue weighted by Crippen LogP contribution is 2.32. The third kappa shape index (κ3) is 2.65. The first-order chi connectivity index (χ1) is 9.66. The van der Waals surface area contributed by atoms with Gasteiger partial charge in [-0.05, 0) is 49.5 Å². The second kappa shape index (κ2) is 5.88. The number of fused-ring (bicyclic) bond motifs is 1. The van der Waals surface area contributed by atoms with Crippen molar-refractivity contribution < 1.29 is 4.79 Å². The van der Waals surface area contributed by atoms with E-state index in [-0.39, 0.29) is 5.91 Å². The van der Waals surface area contributed by atoms with Crippen molar-refractivity contribution in [2.75, 3.05) is 0 Å². The molecule has 0 aromatic carbocycles. The van der Waals surface area contributed by atoms with Crippen LogP contribution in [0.1, 0.15) is 66.8 Å². The predicted molar refractivity (Wildman–Crippen MR) is 84.4 cm³/mol. The van der Waals surface area contributed by atoms with Gasteiger partial charge in [-0.2, -0.15) is 0 Å². The zero-order valence-corrected chi connectivity index (χ0v) is 13.4. The lowest BCUT2D eigenvalue weighted by Gasteiger charge is -2.34. The summed E-state index contributed by atoms with van der Waals surface area (Å²) in [6.45, 7) is 4.60. The van der Waals surface area contributed by atoms with Gasteiger partial charge in [-0.1, -0.05) is 26.7 Å². The Hall–Kier alpha value is -0.830.